The van der Waals surface area contributed by atoms with Gasteiger partial charge in [0.05, 0.1) is 0 Å². The van der Waals surface area contributed by atoms with Crippen molar-refractivity contribution in [2.45, 2.75) is 56.0 Å². The first-order valence-corrected chi connectivity index (χ1v) is 12.2. The molecule has 0 aliphatic heterocycles. The van der Waals surface area contributed by atoms with Crippen molar-refractivity contribution in [3.05, 3.63) is 0 Å². The van der Waals surface area contributed by atoms with Gasteiger partial charge in [-0.15, -0.1) is 0 Å². The van der Waals surface area contributed by atoms with Crippen molar-refractivity contribution < 1.29 is 36.8 Å². The fourth-order valence-electron chi connectivity index (χ4n) is 4.02. The van der Waals surface area contributed by atoms with E-state index in [1.54, 1.807) is 0 Å². The number of hydrogen-bond donors (Lipinski definition) is 1. The van der Waals surface area contributed by atoms with E-state index in [0.717, 1.165) is 0 Å². The van der Waals surface area contributed by atoms with Gasteiger partial charge in [0.15, 0.2) is 0 Å². The molecule has 0 bridgehead atoms. The predicted molar refractivity (Wildman–Crippen MR) is 92.0 cm³/mol. The van der Waals surface area contributed by atoms with Gasteiger partial charge >= 0.3 is 190 Å². The first kappa shape index (κ1) is 22.7. The Hall–Kier alpha value is 0.446. The molecule has 2 aliphatic rings. The third-order valence-corrected chi connectivity index (χ3v) is 8.87. The molecule has 26 heavy (non-hydrogen) atoms. The number of carbonyl (C=O) groups excluding carboxylic acids is 2. The van der Waals surface area contributed by atoms with Crippen LogP contribution in [0, 0.1) is 11.8 Å². The number of carbonyl (C=O) groups is 2. The van der Waals surface area contributed by atoms with Crippen molar-refractivity contribution in [2.75, 3.05) is 14.2 Å². The van der Waals surface area contributed by atoms with Gasteiger partial charge in [0.25, 0.3) is 0 Å². The molecule has 0 amide bonds. The summed E-state index contributed by atoms with van der Waals surface area (Å²) in [5.41, 5.74) is 0. The van der Waals surface area contributed by atoms with E-state index in [1.165, 1.54) is 14.2 Å². The summed E-state index contributed by atoms with van der Waals surface area (Å²) in [7, 11) is -1.89. The summed E-state index contributed by atoms with van der Waals surface area (Å²) in [6.07, 6.45) is 2.02. The van der Waals surface area contributed by atoms with Gasteiger partial charge in [-0.3, -0.25) is 0 Å². The quantitative estimate of drug-likeness (QED) is 0.404. The first-order valence-electron chi connectivity index (χ1n) is 8.92. The molecule has 2 rings (SSSR count). The van der Waals surface area contributed by atoms with Crippen molar-refractivity contribution in [3.63, 3.8) is 0 Å². The molecule has 0 aromatic carbocycles. The topological polar surface area (TPSA) is 116 Å². The zero-order valence-electron chi connectivity index (χ0n) is 15.5. The average Bonchev–Trinajstić information content (AvgIpc) is 2.61. The van der Waals surface area contributed by atoms with Crippen molar-refractivity contribution in [2.24, 2.45) is 11.8 Å². The summed E-state index contributed by atoms with van der Waals surface area (Å²) in [5, 5.41) is 0. The van der Waals surface area contributed by atoms with Crippen molar-refractivity contribution in [3.8, 4) is 0 Å². The third-order valence-electron chi connectivity index (χ3n) is 5.62. The van der Waals surface area contributed by atoms with E-state index in [4.69, 9.17) is 14.2 Å². The van der Waals surface area contributed by atoms with Gasteiger partial charge in [-0.1, -0.05) is 0 Å². The molecule has 0 aromatic heterocycles. The normalized spacial score (nSPS) is 35.6. The predicted octanol–water partition coefficient (Wildman–Crippen LogP) is 1.25. The zero-order valence-corrected chi connectivity index (χ0v) is 19.4. The standard InChI is InChI=1S/C16H25O8S.K/c1-22-14(17)11-8-12(15(18)23-2)10-13(9-11)24-16(25(19,20)21)6-4-3-5-7-16;/h3,11-13H,4-10H2,1-2H3,(H,19,20,21);. The van der Waals surface area contributed by atoms with Crippen LogP contribution in [0.4, 0.5) is 0 Å². The first-order chi connectivity index (χ1) is 12.1. The molecule has 0 heterocycles. The molecule has 2 aliphatic carbocycles. The van der Waals surface area contributed by atoms with E-state index >= 15 is 0 Å². The number of ether oxygens (including phenoxy) is 3. The van der Waals surface area contributed by atoms with E-state index in [1.807, 2.05) is 0 Å². The van der Waals surface area contributed by atoms with Crippen LogP contribution >= 0.6 is 0 Å². The van der Waals surface area contributed by atoms with Crippen LogP contribution in [0.3, 0.4) is 0 Å². The van der Waals surface area contributed by atoms with Crippen molar-refractivity contribution in [1.29, 1.82) is 0 Å². The Kier molecular flexibility index (Phi) is 8.13. The molecule has 0 aromatic rings. The molecular weight excluding hydrogens is 391 g/mol. The third kappa shape index (κ3) is 5.28. The van der Waals surface area contributed by atoms with Crippen LogP contribution in [0.5, 0.6) is 0 Å². The van der Waals surface area contributed by atoms with Crippen LogP contribution in [0.2, 0.25) is 0.0125 Å². The van der Waals surface area contributed by atoms with Crippen LogP contribution in [0.25, 0.3) is 0 Å². The Morgan fingerprint density at radius 2 is 1.46 bits per heavy atom. The van der Waals surface area contributed by atoms with E-state index < -0.39 is 44.9 Å². The summed E-state index contributed by atoms with van der Waals surface area (Å²) in [4.78, 5) is 22.3. The average molecular weight is 417 g/mol. The molecule has 1 N–H and O–H groups in total. The van der Waals surface area contributed by atoms with Crippen LogP contribution in [0.1, 0.15) is 44.9 Å². The summed E-state index contributed by atoms with van der Waals surface area (Å²) in [6, 6.07) is 0. The Labute approximate surface area is 188 Å². The van der Waals surface area contributed by atoms with Crippen LogP contribution < -0.4 is 0 Å². The van der Waals surface area contributed by atoms with Gasteiger partial charge in [-0.05, 0) is 0 Å². The zero-order chi connectivity index (χ0) is 19.5. The number of esters is 2. The van der Waals surface area contributed by atoms with Crippen LogP contribution in [-0.2, 0) is 33.9 Å². The SMILES string of the molecule is COC(=O)C1CC(OC2(S(=O)(=O)O)CC[CH]([K])CC2)CC(C(=O)OC)C1. The van der Waals surface area contributed by atoms with Gasteiger partial charge in [-0.2, -0.15) is 0 Å². The number of rotatable bonds is 5. The molecule has 0 radical (unpaired) electrons. The summed E-state index contributed by atoms with van der Waals surface area (Å²) in [5.74, 6) is -2.06. The van der Waals surface area contributed by atoms with Crippen LogP contribution in [0.15, 0.2) is 0 Å². The fraction of sp³-hybridized carbons (Fsp3) is 0.875. The molecule has 8 nitrogen and oxygen atoms in total. The molecule has 10 heteroatoms. The summed E-state index contributed by atoms with van der Waals surface area (Å²) >= 11 is 0.592. The molecule has 0 spiro atoms. The monoisotopic (exact) mass is 416 g/mol. The van der Waals surface area contributed by atoms with Gasteiger partial charge in [0, 0.05) is 0 Å². The number of hydrogen-bond acceptors (Lipinski definition) is 7. The second-order valence-corrected chi connectivity index (χ2v) is 11.7. The van der Waals surface area contributed by atoms with E-state index in [9.17, 15) is 22.6 Å². The second kappa shape index (κ2) is 9.30. The number of methoxy groups -OCH3 is 2. The maximum absolute atomic E-state index is 12.1. The molecule has 2 atom stereocenters. The fourth-order valence-corrected chi connectivity index (χ4v) is 5.93. The minimum absolute atomic E-state index is 0.237. The van der Waals surface area contributed by atoms with Crippen molar-refractivity contribution >= 4 is 71.0 Å². The second-order valence-electron chi connectivity index (χ2n) is 7.46. The minimum atomic E-state index is -4.43. The Bertz CT molecular complexity index is 602. The molecular formula is C16H25KO8S. The molecule has 0 saturated heterocycles. The van der Waals surface area contributed by atoms with Crippen molar-refractivity contribution in [1.82, 2.24) is 0 Å². The van der Waals surface area contributed by atoms with Gasteiger partial charge in [0.2, 0.25) is 0 Å². The summed E-state index contributed by atoms with van der Waals surface area (Å²) < 4.78 is 50.1. The van der Waals surface area contributed by atoms with E-state index in [0.29, 0.717) is 61.8 Å². The Morgan fingerprint density at radius 3 is 1.85 bits per heavy atom. The van der Waals surface area contributed by atoms with Gasteiger partial charge in [0.1, 0.15) is 0 Å². The molecule has 2 fully saturated rings. The maximum atomic E-state index is 12.1. The van der Waals surface area contributed by atoms with Crippen LogP contribution in [-0.4, -0.2) is 99.1 Å². The Balaban J connectivity index is 2.23. The Morgan fingerprint density at radius 1 is 1.00 bits per heavy atom. The molecule has 2 unspecified atom stereocenters. The summed E-state index contributed by atoms with van der Waals surface area (Å²) in [6.45, 7) is 0. The molecule has 144 valence electrons. The van der Waals surface area contributed by atoms with E-state index in [2.05, 4.69) is 0 Å². The van der Waals surface area contributed by atoms with E-state index in [-0.39, 0.29) is 32.1 Å². The van der Waals surface area contributed by atoms with Gasteiger partial charge in [-0.25, -0.2) is 0 Å². The molecule has 2 saturated carbocycles. The van der Waals surface area contributed by atoms with Gasteiger partial charge < -0.3 is 0 Å².